The third-order valence-corrected chi connectivity index (χ3v) is 4.69. The number of nitrogens with one attached hydrogen (secondary N) is 1. The maximum Gasteiger partial charge on any atom is 0.273 e. The minimum absolute atomic E-state index is 0.0199. The largest absolute Gasteiger partial charge is 0.392 e. The van der Waals surface area contributed by atoms with Gasteiger partial charge in [0.1, 0.15) is 4.21 Å². The molecule has 0 amide bonds. The first-order valence-electron chi connectivity index (χ1n) is 4.60. The summed E-state index contributed by atoms with van der Waals surface area (Å²) in [6.45, 7) is -0.187. The molecule has 0 aliphatic heterocycles. The SMILES string of the molecule is O=S(=O)(Nc1ncccn1)c1cc(CO)cs1. The van der Waals surface area contributed by atoms with Crippen LogP contribution in [0.1, 0.15) is 5.56 Å². The first-order chi connectivity index (χ1) is 8.12. The smallest absolute Gasteiger partial charge is 0.273 e. The normalized spacial score (nSPS) is 11.4. The van der Waals surface area contributed by atoms with E-state index in [1.807, 2.05) is 0 Å². The molecule has 0 aromatic carbocycles. The molecule has 2 heterocycles. The Morgan fingerprint density at radius 1 is 1.35 bits per heavy atom. The fraction of sp³-hybridized carbons (Fsp3) is 0.111. The third kappa shape index (κ3) is 2.78. The number of thiophene rings is 1. The van der Waals surface area contributed by atoms with Gasteiger partial charge in [0.2, 0.25) is 5.95 Å². The van der Waals surface area contributed by atoms with Crippen LogP contribution in [0.5, 0.6) is 0 Å². The Labute approximate surface area is 102 Å². The van der Waals surface area contributed by atoms with E-state index < -0.39 is 10.0 Å². The monoisotopic (exact) mass is 271 g/mol. The number of aliphatic hydroxyl groups is 1. The highest BCUT2D eigenvalue weighted by molar-refractivity contribution is 7.94. The molecule has 2 rings (SSSR count). The van der Waals surface area contributed by atoms with E-state index >= 15 is 0 Å². The van der Waals surface area contributed by atoms with Gasteiger partial charge in [-0.1, -0.05) is 0 Å². The van der Waals surface area contributed by atoms with Crippen molar-refractivity contribution in [2.45, 2.75) is 10.8 Å². The van der Waals surface area contributed by atoms with Gasteiger partial charge in [-0.15, -0.1) is 11.3 Å². The average Bonchev–Trinajstić information content (AvgIpc) is 2.79. The molecule has 0 radical (unpaired) electrons. The van der Waals surface area contributed by atoms with Crippen molar-refractivity contribution < 1.29 is 13.5 Å². The van der Waals surface area contributed by atoms with Crippen LogP contribution >= 0.6 is 11.3 Å². The second-order valence-corrected chi connectivity index (χ2v) is 5.93. The van der Waals surface area contributed by atoms with Crippen molar-refractivity contribution in [3.05, 3.63) is 35.5 Å². The summed E-state index contributed by atoms with van der Waals surface area (Å²) in [5, 5.41) is 10.5. The lowest BCUT2D eigenvalue weighted by Crippen LogP contribution is -2.13. The fourth-order valence-electron chi connectivity index (χ4n) is 1.10. The van der Waals surface area contributed by atoms with Crippen LogP contribution in [-0.4, -0.2) is 23.5 Å². The molecule has 0 aliphatic carbocycles. The van der Waals surface area contributed by atoms with E-state index in [-0.39, 0.29) is 16.8 Å². The summed E-state index contributed by atoms with van der Waals surface area (Å²) in [5.74, 6) is 0.0199. The molecule has 2 N–H and O–H groups in total. The zero-order valence-electron chi connectivity index (χ0n) is 8.57. The van der Waals surface area contributed by atoms with Crippen molar-refractivity contribution in [2.75, 3.05) is 4.72 Å². The molecule has 8 heteroatoms. The predicted molar refractivity (Wildman–Crippen MR) is 63.1 cm³/mol. The maximum atomic E-state index is 11.9. The molecule has 17 heavy (non-hydrogen) atoms. The van der Waals surface area contributed by atoms with Crippen molar-refractivity contribution in [1.29, 1.82) is 0 Å². The summed E-state index contributed by atoms with van der Waals surface area (Å²) < 4.78 is 26.1. The molecule has 0 aliphatic rings. The number of rotatable bonds is 4. The zero-order chi connectivity index (χ0) is 12.3. The first kappa shape index (κ1) is 12.0. The van der Waals surface area contributed by atoms with Gasteiger partial charge in [0.15, 0.2) is 0 Å². The summed E-state index contributed by atoms with van der Waals surface area (Å²) in [6.07, 6.45) is 2.89. The molecule has 2 aromatic heterocycles. The van der Waals surface area contributed by atoms with Gasteiger partial charge in [0.05, 0.1) is 6.61 Å². The van der Waals surface area contributed by atoms with E-state index in [1.54, 1.807) is 11.4 Å². The number of anilines is 1. The molecule has 6 nitrogen and oxygen atoms in total. The molecule has 0 atom stereocenters. The lowest BCUT2D eigenvalue weighted by molar-refractivity contribution is 0.282. The Kier molecular flexibility index (Phi) is 3.36. The molecule has 0 unspecified atom stereocenters. The molecule has 0 saturated carbocycles. The molecule has 0 fully saturated rings. The van der Waals surface area contributed by atoms with E-state index in [2.05, 4.69) is 14.7 Å². The summed E-state index contributed by atoms with van der Waals surface area (Å²) in [6, 6.07) is 3.00. The summed E-state index contributed by atoms with van der Waals surface area (Å²) in [5.41, 5.74) is 0.560. The number of aliphatic hydroxyl groups excluding tert-OH is 1. The molecular weight excluding hydrogens is 262 g/mol. The highest BCUT2D eigenvalue weighted by atomic mass is 32.2. The molecule has 90 valence electrons. The lowest BCUT2D eigenvalue weighted by Gasteiger charge is -2.02. The third-order valence-electron chi connectivity index (χ3n) is 1.87. The van der Waals surface area contributed by atoms with Crippen LogP contribution in [0, 0.1) is 0 Å². The number of nitrogens with zero attached hydrogens (tertiary/aromatic N) is 2. The number of hydrogen-bond donors (Lipinski definition) is 2. The Hall–Kier alpha value is -1.51. The van der Waals surface area contributed by atoms with Gasteiger partial charge in [0.25, 0.3) is 10.0 Å². The maximum absolute atomic E-state index is 11.9. The standard InChI is InChI=1S/C9H9N3O3S2/c13-5-7-4-8(16-6-7)17(14,15)12-9-10-2-1-3-11-9/h1-4,6,13H,5H2,(H,10,11,12). The second-order valence-electron chi connectivity index (χ2n) is 3.11. The van der Waals surface area contributed by atoms with Gasteiger partial charge in [-0.2, -0.15) is 0 Å². The second kappa shape index (κ2) is 4.78. The summed E-state index contributed by atoms with van der Waals surface area (Å²) >= 11 is 1.03. The van der Waals surface area contributed by atoms with E-state index in [0.29, 0.717) is 5.56 Å². The van der Waals surface area contributed by atoms with Crippen molar-refractivity contribution in [3.63, 3.8) is 0 Å². The van der Waals surface area contributed by atoms with E-state index in [1.165, 1.54) is 18.5 Å². The summed E-state index contributed by atoms with van der Waals surface area (Å²) in [4.78, 5) is 7.54. The molecule has 0 bridgehead atoms. The van der Waals surface area contributed by atoms with Crippen LogP contribution in [0.3, 0.4) is 0 Å². The highest BCUT2D eigenvalue weighted by Gasteiger charge is 2.17. The van der Waals surface area contributed by atoms with Crippen molar-refractivity contribution in [2.24, 2.45) is 0 Å². The van der Waals surface area contributed by atoms with Gasteiger partial charge in [-0.3, -0.25) is 0 Å². The molecule has 0 spiro atoms. The quantitative estimate of drug-likeness (QED) is 0.859. The minimum Gasteiger partial charge on any atom is -0.392 e. The van der Waals surface area contributed by atoms with Crippen LogP contribution < -0.4 is 4.72 Å². The zero-order valence-corrected chi connectivity index (χ0v) is 10.2. The molecule has 0 saturated heterocycles. The van der Waals surface area contributed by atoms with E-state index in [4.69, 9.17) is 5.11 Å². The Morgan fingerprint density at radius 3 is 2.65 bits per heavy atom. The average molecular weight is 271 g/mol. The summed E-state index contributed by atoms with van der Waals surface area (Å²) in [7, 11) is -3.67. The van der Waals surface area contributed by atoms with Crippen molar-refractivity contribution in [1.82, 2.24) is 9.97 Å². The van der Waals surface area contributed by atoms with Crippen LogP contribution in [0.25, 0.3) is 0 Å². The minimum atomic E-state index is -3.67. The van der Waals surface area contributed by atoms with Gasteiger partial charge < -0.3 is 5.11 Å². The molecular formula is C9H9N3O3S2. The van der Waals surface area contributed by atoms with E-state index in [0.717, 1.165) is 11.3 Å². The van der Waals surface area contributed by atoms with Crippen LogP contribution in [0.4, 0.5) is 5.95 Å². The number of hydrogen-bond acceptors (Lipinski definition) is 6. The topological polar surface area (TPSA) is 92.2 Å². The van der Waals surface area contributed by atoms with Crippen LogP contribution in [0.15, 0.2) is 34.1 Å². The van der Waals surface area contributed by atoms with Gasteiger partial charge in [0, 0.05) is 12.4 Å². The lowest BCUT2D eigenvalue weighted by atomic mass is 10.4. The highest BCUT2D eigenvalue weighted by Crippen LogP contribution is 2.21. The Balaban J connectivity index is 2.25. The number of aromatic nitrogens is 2. The van der Waals surface area contributed by atoms with Crippen LogP contribution in [0.2, 0.25) is 0 Å². The Bertz CT molecular complexity index is 595. The fourth-order valence-corrected chi connectivity index (χ4v) is 3.26. The predicted octanol–water partition coefficient (Wildman–Crippen LogP) is 0.831. The van der Waals surface area contributed by atoms with Gasteiger partial charge >= 0.3 is 0 Å². The van der Waals surface area contributed by atoms with Gasteiger partial charge in [-0.05, 0) is 23.1 Å². The number of sulfonamides is 1. The molecule has 2 aromatic rings. The van der Waals surface area contributed by atoms with Crippen LogP contribution in [-0.2, 0) is 16.6 Å². The Morgan fingerprint density at radius 2 is 2.06 bits per heavy atom. The van der Waals surface area contributed by atoms with Crippen molar-refractivity contribution >= 4 is 27.3 Å². The van der Waals surface area contributed by atoms with Crippen molar-refractivity contribution in [3.8, 4) is 0 Å². The van der Waals surface area contributed by atoms with Gasteiger partial charge in [-0.25, -0.2) is 23.1 Å². The first-order valence-corrected chi connectivity index (χ1v) is 6.96. The van der Waals surface area contributed by atoms with E-state index in [9.17, 15) is 8.42 Å².